The second-order valence-corrected chi connectivity index (χ2v) is 35.2. The zero-order valence-corrected chi connectivity index (χ0v) is 70.5. The molecule has 0 amide bonds. The number of ether oxygens (including phenoxy) is 4. The maximum Gasteiger partial charge on any atom is 0.472 e. The number of hydrogen-bond donors (Lipinski definition) is 3. The van der Waals surface area contributed by atoms with E-state index in [9.17, 15) is 43.2 Å². The lowest BCUT2D eigenvalue weighted by molar-refractivity contribution is -0.161. The molecule has 0 bridgehead atoms. The van der Waals surface area contributed by atoms with Crippen molar-refractivity contribution in [3.63, 3.8) is 0 Å². The Morgan fingerprint density at radius 2 is 0.462 bits per heavy atom. The molecule has 104 heavy (non-hydrogen) atoms. The standard InChI is InChI=1S/C85H166O17P2/c1-9-78(8)64-56-48-40-32-23-19-16-17-20-24-33-41-49-57-65-82(87)95-71-80(101-84(89)67-59-51-43-34-25-21-15-13-11-10-12-14-18-22-29-37-45-53-61-75(2)3)73-99-103(91,92)97-69-79(86)70-98-104(93,94)100-74-81(72-96-83(88)66-58-50-42-36-28-31-39-47-55-63-77(6)7)102-85(90)68-60-52-44-35-27-26-30-38-46-54-62-76(4)5/h75-81,86H,9-74H2,1-8H3,(H,91,92)(H,93,94)/t78?,79-,80-,81-/m1/s1. The van der Waals surface area contributed by atoms with Crippen molar-refractivity contribution in [2.75, 3.05) is 39.6 Å². The fourth-order valence-electron chi connectivity index (χ4n) is 13.1. The van der Waals surface area contributed by atoms with Gasteiger partial charge in [-0.1, -0.05) is 389 Å². The summed E-state index contributed by atoms with van der Waals surface area (Å²) in [4.78, 5) is 73.2. The first-order valence-corrected chi connectivity index (χ1v) is 46.7. The van der Waals surface area contributed by atoms with E-state index < -0.39 is 97.5 Å². The van der Waals surface area contributed by atoms with Crippen molar-refractivity contribution in [2.45, 2.75) is 459 Å². The molecule has 6 atom stereocenters. The van der Waals surface area contributed by atoms with E-state index in [1.807, 2.05) is 0 Å². The van der Waals surface area contributed by atoms with Crippen molar-refractivity contribution in [1.29, 1.82) is 0 Å². The van der Waals surface area contributed by atoms with Crippen molar-refractivity contribution in [2.24, 2.45) is 23.7 Å². The van der Waals surface area contributed by atoms with Crippen LogP contribution >= 0.6 is 15.6 Å². The molecule has 618 valence electrons. The van der Waals surface area contributed by atoms with Gasteiger partial charge >= 0.3 is 39.5 Å². The van der Waals surface area contributed by atoms with Gasteiger partial charge in [0.2, 0.25) is 0 Å². The lowest BCUT2D eigenvalue weighted by Gasteiger charge is -2.21. The number of aliphatic hydroxyl groups is 1. The smallest absolute Gasteiger partial charge is 0.462 e. The summed E-state index contributed by atoms with van der Waals surface area (Å²) < 4.78 is 68.9. The molecular weight excluding hydrogens is 1350 g/mol. The van der Waals surface area contributed by atoms with Crippen LogP contribution in [0.1, 0.15) is 441 Å². The molecule has 0 aliphatic rings. The molecule has 0 aliphatic carbocycles. The predicted molar refractivity (Wildman–Crippen MR) is 428 cm³/mol. The Labute approximate surface area is 638 Å². The first-order chi connectivity index (χ1) is 50.1. The molecule has 0 fully saturated rings. The van der Waals surface area contributed by atoms with Gasteiger partial charge in [-0.3, -0.25) is 37.3 Å². The summed E-state index contributed by atoms with van der Waals surface area (Å²) in [6.07, 6.45) is 62.4. The van der Waals surface area contributed by atoms with E-state index >= 15 is 0 Å². The maximum absolute atomic E-state index is 13.1. The van der Waals surface area contributed by atoms with E-state index in [0.29, 0.717) is 25.7 Å². The summed E-state index contributed by atoms with van der Waals surface area (Å²) >= 11 is 0. The minimum Gasteiger partial charge on any atom is -0.462 e. The van der Waals surface area contributed by atoms with Crippen LogP contribution in [0.15, 0.2) is 0 Å². The zero-order valence-electron chi connectivity index (χ0n) is 68.7. The molecule has 0 radical (unpaired) electrons. The van der Waals surface area contributed by atoms with Gasteiger partial charge in [-0.25, -0.2) is 9.13 Å². The monoisotopic (exact) mass is 1520 g/mol. The average molecular weight is 1520 g/mol. The van der Waals surface area contributed by atoms with Crippen LogP contribution in [0.2, 0.25) is 0 Å². The molecule has 0 heterocycles. The second kappa shape index (κ2) is 73.8. The van der Waals surface area contributed by atoms with Crippen molar-refractivity contribution in [3.05, 3.63) is 0 Å². The van der Waals surface area contributed by atoms with Gasteiger partial charge in [0.15, 0.2) is 12.2 Å². The van der Waals surface area contributed by atoms with Gasteiger partial charge in [-0.2, -0.15) is 0 Å². The number of aliphatic hydroxyl groups excluding tert-OH is 1. The Morgan fingerprint density at radius 3 is 0.683 bits per heavy atom. The summed E-state index contributed by atoms with van der Waals surface area (Å²) in [6.45, 7) is 14.3. The number of carbonyl (C=O) groups is 4. The third kappa shape index (κ3) is 76.8. The molecule has 3 N–H and O–H groups in total. The van der Waals surface area contributed by atoms with E-state index in [2.05, 4.69) is 55.4 Å². The quantitative estimate of drug-likeness (QED) is 0.0222. The highest BCUT2D eigenvalue weighted by atomic mass is 31.2. The van der Waals surface area contributed by atoms with Gasteiger partial charge in [0.1, 0.15) is 19.3 Å². The van der Waals surface area contributed by atoms with Crippen LogP contribution in [0.3, 0.4) is 0 Å². The van der Waals surface area contributed by atoms with Gasteiger partial charge in [-0.15, -0.1) is 0 Å². The number of esters is 4. The molecule has 0 aliphatic heterocycles. The third-order valence-electron chi connectivity index (χ3n) is 20.2. The van der Waals surface area contributed by atoms with Crippen molar-refractivity contribution >= 4 is 39.5 Å². The van der Waals surface area contributed by atoms with Gasteiger partial charge in [0, 0.05) is 25.7 Å². The number of rotatable bonds is 82. The lowest BCUT2D eigenvalue weighted by Crippen LogP contribution is -2.30. The van der Waals surface area contributed by atoms with Crippen molar-refractivity contribution < 1.29 is 80.2 Å². The third-order valence-corrected chi connectivity index (χ3v) is 22.1. The summed E-state index contributed by atoms with van der Waals surface area (Å²) in [5.74, 6) is 1.06. The largest absolute Gasteiger partial charge is 0.472 e. The van der Waals surface area contributed by atoms with E-state index in [4.69, 9.17) is 37.0 Å². The minimum absolute atomic E-state index is 0.105. The molecule has 0 aromatic rings. The maximum atomic E-state index is 13.1. The van der Waals surface area contributed by atoms with Crippen LogP contribution in [0.5, 0.6) is 0 Å². The van der Waals surface area contributed by atoms with E-state index in [1.165, 1.54) is 244 Å². The molecular formula is C85H166O17P2. The van der Waals surface area contributed by atoms with Gasteiger partial charge in [0.25, 0.3) is 0 Å². The Kier molecular flexibility index (Phi) is 72.5. The van der Waals surface area contributed by atoms with Crippen LogP contribution in [-0.2, 0) is 65.4 Å². The summed E-state index contributed by atoms with van der Waals surface area (Å²) in [7, 11) is -9.93. The normalized spacial score (nSPS) is 14.2. The molecule has 0 aromatic heterocycles. The number of hydrogen-bond acceptors (Lipinski definition) is 15. The Bertz CT molecular complexity index is 2030. The fourth-order valence-corrected chi connectivity index (χ4v) is 14.7. The zero-order chi connectivity index (χ0) is 76.7. The SMILES string of the molecule is CCC(C)CCCCCCCCCCCCCCCCC(=O)OC[C@H](COP(=O)(O)OC[C@@H](O)COP(=O)(O)OC[C@@H](COC(=O)CCCCCCCCCCCC(C)C)OC(=O)CCCCCCCCCCCCC(C)C)OC(=O)CCCCCCCCCCCCCCCCCCCCC(C)C. The molecule has 0 rings (SSSR count). The summed E-state index contributed by atoms with van der Waals surface area (Å²) in [5.41, 5.74) is 0. The van der Waals surface area contributed by atoms with E-state index in [-0.39, 0.29) is 25.7 Å². The number of carbonyl (C=O) groups excluding carboxylic acids is 4. The highest BCUT2D eigenvalue weighted by Crippen LogP contribution is 2.45. The highest BCUT2D eigenvalue weighted by Gasteiger charge is 2.30. The second-order valence-electron chi connectivity index (χ2n) is 32.2. The predicted octanol–water partition coefficient (Wildman–Crippen LogP) is 25.6. The first-order valence-electron chi connectivity index (χ1n) is 43.7. The van der Waals surface area contributed by atoms with Crippen molar-refractivity contribution in [1.82, 2.24) is 0 Å². The average Bonchev–Trinajstić information content (AvgIpc) is 0.912. The van der Waals surface area contributed by atoms with Gasteiger partial charge in [0.05, 0.1) is 26.4 Å². The molecule has 17 nitrogen and oxygen atoms in total. The fraction of sp³-hybridized carbons (Fsp3) is 0.953. The van der Waals surface area contributed by atoms with E-state index in [0.717, 1.165) is 114 Å². The number of unbranched alkanes of at least 4 members (excludes halogenated alkanes) is 47. The first kappa shape index (κ1) is 102. The topological polar surface area (TPSA) is 237 Å². The van der Waals surface area contributed by atoms with Gasteiger partial charge in [-0.05, 0) is 49.4 Å². The van der Waals surface area contributed by atoms with E-state index in [1.54, 1.807) is 0 Å². The Hall–Kier alpha value is -1.94. The molecule has 3 unspecified atom stereocenters. The number of phosphoric ester groups is 2. The van der Waals surface area contributed by atoms with Crippen molar-refractivity contribution in [3.8, 4) is 0 Å². The molecule has 0 spiro atoms. The molecule has 0 aromatic carbocycles. The summed E-state index contributed by atoms with van der Waals surface area (Å²) in [5, 5.41) is 10.7. The van der Waals surface area contributed by atoms with Crippen LogP contribution in [0.4, 0.5) is 0 Å². The van der Waals surface area contributed by atoms with Crippen LogP contribution < -0.4 is 0 Å². The molecule has 0 saturated heterocycles. The molecule has 19 heteroatoms. The Morgan fingerprint density at radius 1 is 0.269 bits per heavy atom. The number of phosphoric acid groups is 2. The van der Waals surface area contributed by atoms with Crippen LogP contribution in [0.25, 0.3) is 0 Å². The summed E-state index contributed by atoms with van der Waals surface area (Å²) in [6, 6.07) is 0. The molecule has 0 saturated carbocycles. The van der Waals surface area contributed by atoms with Crippen LogP contribution in [-0.4, -0.2) is 96.7 Å². The highest BCUT2D eigenvalue weighted by molar-refractivity contribution is 7.47. The van der Waals surface area contributed by atoms with Crippen LogP contribution in [0, 0.1) is 23.7 Å². The minimum atomic E-state index is -4.97. The van der Waals surface area contributed by atoms with Gasteiger partial charge < -0.3 is 33.8 Å². The Balaban J connectivity index is 5.25. The lowest BCUT2D eigenvalue weighted by atomic mass is 9.99.